The van der Waals surface area contributed by atoms with Crippen molar-refractivity contribution in [3.8, 4) is 11.5 Å². The SMILES string of the molecule is COC(=O)c1ccc2c(c1)OC/C=C/COCCN(C(=O)OC(C)(C)C)C1CC(C1)O2. The van der Waals surface area contributed by atoms with Crippen LogP contribution in [-0.4, -0.2) is 68.2 Å². The summed E-state index contributed by atoms with van der Waals surface area (Å²) in [6, 6.07) is 5.00. The number of methoxy groups -OCH3 is 1. The van der Waals surface area contributed by atoms with Crippen molar-refractivity contribution < 1.29 is 33.3 Å². The molecule has 0 saturated heterocycles. The van der Waals surface area contributed by atoms with Crippen LogP contribution >= 0.6 is 0 Å². The van der Waals surface area contributed by atoms with E-state index in [4.69, 9.17) is 23.7 Å². The Kier molecular flexibility index (Phi) is 7.43. The van der Waals surface area contributed by atoms with Gasteiger partial charge < -0.3 is 28.6 Å². The summed E-state index contributed by atoms with van der Waals surface area (Å²) in [7, 11) is 1.34. The summed E-state index contributed by atoms with van der Waals surface area (Å²) >= 11 is 0. The van der Waals surface area contributed by atoms with Crippen LogP contribution in [0.15, 0.2) is 30.4 Å². The Morgan fingerprint density at radius 3 is 2.55 bits per heavy atom. The van der Waals surface area contributed by atoms with Gasteiger partial charge in [0.05, 0.1) is 25.9 Å². The van der Waals surface area contributed by atoms with Gasteiger partial charge in [-0.05, 0) is 45.0 Å². The van der Waals surface area contributed by atoms with Gasteiger partial charge in [-0.15, -0.1) is 0 Å². The molecule has 8 nitrogen and oxygen atoms in total. The predicted molar refractivity (Wildman–Crippen MR) is 114 cm³/mol. The van der Waals surface area contributed by atoms with Gasteiger partial charge in [-0.25, -0.2) is 9.59 Å². The minimum atomic E-state index is -0.565. The molecule has 31 heavy (non-hydrogen) atoms. The number of carbonyl (C=O) groups is 2. The third kappa shape index (κ3) is 6.37. The number of hydrogen-bond acceptors (Lipinski definition) is 7. The van der Waals surface area contributed by atoms with E-state index in [-0.39, 0.29) is 18.2 Å². The second-order valence-electron chi connectivity index (χ2n) is 8.55. The van der Waals surface area contributed by atoms with Crippen LogP contribution < -0.4 is 9.47 Å². The van der Waals surface area contributed by atoms with Crippen molar-refractivity contribution in [2.75, 3.05) is 33.5 Å². The number of benzene rings is 1. The number of amides is 1. The number of fused-ring (bicyclic) bond motifs is 7. The minimum absolute atomic E-state index is 0.0165. The Morgan fingerprint density at radius 2 is 1.84 bits per heavy atom. The highest BCUT2D eigenvalue weighted by molar-refractivity contribution is 5.90. The van der Waals surface area contributed by atoms with E-state index in [2.05, 4.69) is 0 Å². The van der Waals surface area contributed by atoms with Gasteiger partial charge in [0.1, 0.15) is 18.3 Å². The van der Waals surface area contributed by atoms with E-state index in [1.54, 1.807) is 23.1 Å². The fourth-order valence-corrected chi connectivity index (χ4v) is 3.36. The molecule has 1 amide bonds. The van der Waals surface area contributed by atoms with Crippen LogP contribution in [0.1, 0.15) is 44.0 Å². The predicted octanol–water partition coefficient (Wildman–Crippen LogP) is 3.59. The molecule has 0 radical (unpaired) electrons. The quantitative estimate of drug-likeness (QED) is 0.494. The Balaban J connectivity index is 1.76. The summed E-state index contributed by atoms with van der Waals surface area (Å²) in [4.78, 5) is 26.3. The molecule has 0 aromatic heterocycles. The molecule has 1 saturated carbocycles. The normalized spacial score (nSPS) is 22.9. The molecular formula is C23H31NO7. The van der Waals surface area contributed by atoms with Gasteiger partial charge in [0.2, 0.25) is 0 Å². The molecular weight excluding hydrogens is 402 g/mol. The third-order valence-electron chi connectivity index (χ3n) is 4.99. The first-order valence-electron chi connectivity index (χ1n) is 10.5. The van der Waals surface area contributed by atoms with E-state index < -0.39 is 11.6 Å². The van der Waals surface area contributed by atoms with E-state index >= 15 is 0 Å². The molecule has 2 heterocycles. The zero-order valence-corrected chi connectivity index (χ0v) is 18.6. The third-order valence-corrected chi connectivity index (χ3v) is 4.99. The van der Waals surface area contributed by atoms with Crippen molar-refractivity contribution in [2.24, 2.45) is 0 Å². The molecule has 4 rings (SSSR count). The van der Waals surface area contributed by atoms with Gasteiger partial charge in [-0.1, -0.05) is 6.08 Å². The van der Waals surface area contributed by atoms with Crippen molar-refractivity contribution in [1.82, 2.24) is 4.90 Å². The molecule has 2 bridgehead atoms. The molecule has 1 aromatic carbocycles. The highest BCUT2D eigenvalue weighted by Crippen LogP contribution is 2.36. The maximum Gasteiger partial charge on any atom is 0.410 e. The van der Waals surface area contributed by atoms with Crippen LogP contribution in [0.25, 0.3) is 0 Å². The molecule has 1 aromatic rings. The monoisotopic (exact) mass is 433 g/mol. The van der Waals surface area contributed by atoms with Crippen molar-refractivity contribution in [3.63, 3.8) is 0 Å². The highest BCUT2D eigenvalue weighted by Gasteiger charge is 2.39. The van der Waals surface area contributed by atoms with Crippen molar-refractivity contribution in [2.45, 2.75) is 51.4 Å². The smallest absolute Gasteiger partial charge is 0.410 e. The summed E-state index contributed by atoms with van der Waals surface area (Å²) in [5, 5.41) is 0. The van der Waals surface area contributed by atoms with Crippen molar-refractivity contribution in [1.29, 1.82) is 0 Å². The maximum atomic E-state index is 12.7. The van der Waals surface area contributed by atoms with Crippen LogP contribution in [0.4, 0.5) is 4.79 Å². The molecule has 0 spiro atoms. The van der Waals surface area contributed by atoms with Crippen LogP contribution in [0.5, 0.6) is 11.5 Å². The molecule has 170 valence electrons. The van der Waals surface area contributed by atoms with E-state index in [0.717, 1.165) is 0 Å². The molecule has 8 heteroatoms. The summed E-state index contributed by atoms with van der Waals surface area (Å²) < 4.78 is 27.9. The highest BCUT2D eigenvalue weighted by atomic mass is 16.6. The van der Waals surface area contributed by atoms with Crippen molar-refractivity contribution >= 4 is 12.1 Å². The number of hydrogen-bond donors (Lipinski definition) is 0. The van der Waals surface area contributed by atoms with E-state index in [1.165, 1.54) is 7.11 Å². The van der Waals surface area contributed by atoms with Crippen LogP contribution in [-0.2, 0) is 14.2 Å². The Labute approximate surface area is 183 Å². The molecule has 3 aliphatic rings. The lowest BCUT2D eigenvalue weighted by molar-refractivity contribution is -0.0248. The zero-order chi connectivity index (χ0) is 22.4. The van der Waals surface area contributed by atoms with E-state index in [1.807, 2.05) is 32.9 Å². The maximum absolute atomic E-state index is 12.7. The number of ether oxygens (including phenoxy) is 5. The van der Waals surface area contributed by atoms with Gasteiger partial charge in [0, 0.05) is 25.4 Å². The molecule has 0 atom stereocenters. The summed E-state index contributed by atoms with van der Waals surface area (Å²) in [6.07, 6.45) is 4.63. The fraction of sp³-hybridized carbons (Fsp3) is 0.565. The van der Waals surface area contributed by atoms with Crippen LogP contribution in [0.3, 0.4) is 0 Å². The lowest BCUT2D eigenvalue weighted by atomic mass is 9.88. The first-order chi connectivity index (χ1) is 14.8. The number of nitrogens with zero attached hydrogens (tertiary/aromatic N) is 1. The molecule has 1 fully saturated rings. The molecule has 0 unspecified atom stereocenters. The topological polar surface area (TPSA) is 83.5 Å². The molecule has 0 N–H and O–H groups in total. The van der Waals surface area contributed by atoms with Crippen LogP contribution in [0, 0.1) is 0 Å². The lowest BCUT2D eigenvalue weighted by Crippen LogP contribution is -2.53. The minimum Gasteiger partial charge on any atom is -0.486 e. The van der Waals surface area contributed by atoms with Crippen molar-refractivity contribution in [3.05, 3.63) is 35.9 Å². The number of carbonyl (C=O) groups excluding carboxylic acids is 2. The van der Waals surface area contributed by atoms with Gasteiger partial charge in [0.25, 0.3) is 0 Å². The average Bonchev–Trinajstić information content (AvgIpc) is 2.69. The lowest BCUT2D eigenvalue weighted by Gasteiger charge is -2.42. The average molecular weight is 434 g/mol. The fourth-order valence-electron chi connectivity index (χ4n) is 3.36. The summed E-state index contributed by atoms with van der Waals surface area (Å²) in [5.74, 6) is 0.582. The Hall–Kier alpha value is -2.74. The van der Waals surface area contributed by atoms with Crippen LogP contribution in [0.2, 0.25) is 0 Å². The summed E-state index contributed by atoms with van der Waals surface area (Å²) in [6.45, 7) is 7.14. The van der Waals surface area contributed by atoms with Gasteiger partial charge in [0.15, 0.2) is 11.5 Å². The second kappa shape index (κ2) is 10.0. The van der Waals surface area contributed by atoms with Gasteiger partial charge in [-0.3, -0.25) is 0 Å². The van der Waals surface area contributed by atoms with E-state index in [0.29, 0.717) is 56.3 Å². The number of esters is 1. The number of rotatable bonds is 1. The second-order valence-corrected chi connectivity index (χ2v) is 8.55. The first kappa shape index (κ1) is 22.9. The molecule has 2 aliphatic heterocycles. The largest absolute Gasteiger partial charge is 0.486 e. The van der Waals surface area contributed by atoms with Gasteiger partial charge in [-0.2, -0.15) is 0 Å². The first-order valence-corrected chi connectivity index (χ1v) is 10.5. The zero-order valence-electron chi connectivity index (χ0n) is 18.6. The van der Waals surface area contributed by atoms with E-state index in [9.17, 15) is 9.59 Å². The Morgan fingerprint density at radius 1 is 1.10 bits per heavy atom. The van der Waals surface area contributed by atoms with Gasteiger partial charge >= 0.3 is 12.1 Å². The standard InChI is InChI=1S/C23H31NO7/c1-23(2,3)31-22(26)24-9-12-28-10-5-6-11-29-20-13-16(21(25)27-4)7-8-19(20)30-18-14-17(24)15-18/h5-8,13,17-18H,9-12,14-15H2,1-4H3/b6-5+. The Bertz CT molecular complexity index is 809. The molecule has 1 aliphatic carbocycles. The summed E-state index contributed by atoms with van der Waals surface area (Å²) in [5.41, 5.74) is -0.178.